The van der Waals surface area contributed by atoms with Crippen molar-refractivity contribution in [3.8, 4) is 0 Å². The van der Waals surface area contributed by atoms with E-state index in [4.69, 9.17) is 0 Å². The maximum Gasteiger partial charge on any atom is 0.0637 e. The Labute approximate surface area is 117 Å². The van der Waals surface area contributed by atoms with Gasteiger partial charge in [-0.3, -0.25) is 0 Å². The quantitative estimate of drug-likeness (QED) is 0.355. The third-order valence-electron chi connectivity index (χ3n) is 3.32. The van der Waals surface area contributed by atoms with E-state index in [0.717, 1.165) is 11.8 Å². The second-order valence-electron chi connectivity index (χ2n) is 5.13. The Morgan fingerprint density at radius 3 is 1.59 bits per heavy atom. The second kappa shape index (κ2) is 14.5. The lowest BCUT2D eigenvalue weighted by molar-refractivity contribution is 0.186. The molecule has 0 aliphatic carbocycles. The fourth-order valence-electron chi connectivity index (χ4n) is 2.12. The van der Waals surface area contributed by atoms with Crippen LogP contribution in [0.1, 0.15) is 84.0 Å². The van der Waals surface area contributed by atoms with Gasteiger partial charge in [-0.2, -0.15) is 0 Å². The van der Waals surface area contributed by atoms with E-state index in [1.807, 2.05) is 0 Å². The van der Waals surface area contributed by atoms with Crippen LogP contribution in [0.2, 0.25) is 0 Å². The maximum atomic E-state index is 9.35. The normalized spacial score (nSPS) is 12.9. The molecule has 0 rings (SSSR count). The first-order valence-electron chi connectivity index (χ1n) is 7.55. The van der Waals surface area contributed by atoms with Crippen LogP contribution in [0.25, 0.3) is 0 Å². The van der Waals surface area contributed by atoms with Crippen LogP contribution in [-0.4, -0.2) is 16.5 Å². The molecule has 0 heterocycles. The van der Waals surface area contributed by atoms with E-state index in [0.29, 0.717) is 0 Å². The van der Waals surface area contributed by atoms with Gasteiger partial charge in [0.15, 0.2) is 0 Å². The third-order valence-corrected chi connectivity index (χ3v) is 4.07. The van der Waals surface area contributed by atoms with E-state index in [-0.39, 0.29) is 6.10 Å². The predicted molar refractivity (Wildman–Crippen MR) is 80.9 cm³/mol. The molecule has 2 heteroatoms. The minimum absolute atomic E-state index is 0.131. The first-order chi connectivity index (χ1) is 8.31. The Morgan fingerprint density at radius 2 is 1.18 bits per heavy atom. The first-order valence-corrected chi connectivity index (χ1v) is 8.67. The van der Waals surface area contributed by atoms with Gasteiger partial charge in [0.25, 0.3) is 0 Å². The predicted octanol–water partition coefficient (Wildman–Crippen LogP) is 5.44. The van der Waals surface area contributed by atoms with E-state index in [9.17, 15) is 5.11 Å². The van der Waals surface area contributed by atoms with Crippen molar-refractivity contribution in [1.82, 2.24) is 0 Å². The Bertz CT molecular complexity index is 139. The summed E-state index contributed by atoms with van der Waals surface area (Å²) >= 11 is 3.29. The monoisotopic (exact) mass is 306 g/mol. The van der Waals surface area contributed by atoms with Crippen LogP contribution in [0.3, 0.4) is 0 Å². The molecule has 0 aromatic carbocycles. The summed E-state index contributed by atoms with van der Waals surface area (Å²) in [5.74, 6) is 0. The van der Waals surface area contributed by atoms with Crippen molar-refractivity contribution >= 4 is 15.9 Å². The first kappa shape index (κ1) is 17.4. The van der Waals surface area contributed by atoms with Crippen molar-refractivity contribution in [2.45, 2.75) is 90.1 Å². The van der Waals surface area contributed by atoms with Gasteiger partial charge < -0.3 is 5.11 Å². The molecule has 0 radical (unpaired) electrons. The van der Waals surface area contributed by atoms with Crippen molar-refractivity contribution in [1.29, 1.82) is 0 Å². The molecule has 0 aromatic heterocycles. The summed E-state index contributed by atoms with van der Waals surface area (Å²) in [4.78, 5) is 0. The number of aliphatic hydroxyl groups excluding tert-OH is 1. The SMILES string of the molecule is CCCCCCCCCCCCCC(O)CBr. The summed E-state index contributed by atoms with van der Waals surface area (Å²) in [5, 5.41) is 10.1. The molecule has 1 N–H and O–H groups in total. The molecule has 0 saturated heterocycles. The zero-order valence-corrected chi connectivity index (χ0v) is 13.2. The van der Waals surface area contributed by atoms with Crippen LogP contribution in [0.5, 0.6) is 0 Å². The molecule has 0 aliphatic heterocycles. The highest BCUT2D eigenvalue weighted by atomic mass is 79.9. The van der Waals surface area contributed by atoms with Gasteiger partial charge >= 0.3 is 0 Å². The average Bonchev–Trinajstić information content (AvgIpc) is 2.35. The summed E-state index contributed by atoms with van der Waals surface area (Å²) in [7, 11) is 0. The molecule has 0 saturated carbocycles. The molecule has 1 unspecified atom stereocenters. The van der Waals surface area contributed by atoms with Crippen molar-refractivity contribution in [3.05, 3.63) is 0 Å². The lowest BCUT2D eigenvalue weighted by Gasteiger charge is -2.06. The van der Waals surface area contributed by atoms with E-state index in [1.54, 1.807) is 0 Å². The van der Waals surface area contributed by atoms with Crippen LogP contribution in [0.15, 0.2) is 0 Å². The summed E-state index contributed by atoms with van der Waals surface area (Å²) in [6.45, 7) is 2.27. The topological polar surface area (TPSA) is 20.2 Å². The summed E-state index contributed by atoms with van der Waals surface area (Å²) in [6, 6.07) is 0. The van der Waals surface area contributed by atoms with Crippen molar-refractivity contribution in [2.24, 2.45) is 0 Å². The van der Waals surface area contributed by atoms with Crippen LogP contribution < -0.4 is 0 Å². The zero-order chi connectivity index (χ0) is 12.8. The van der Waals surface area contributed by atoms with Gasteiger partial charge in [-0.25, -0.2) is 0 Å². The highest BCUT2D eigenvalue weighted by molar-refractivity contribution is 9.09. The molecule has 0 amide bonds. The third kappa shape index (κ3) is 14.4. The van der Waals surface area contributed by atoms with Gasteiger partial charge in [0.2, 0.25) is 0 Å². The fourth-order valence-corrected chi connectivity index (χ4v) is 2.45. The van der Waals surface area contributed by atoms with Gasteiger partial charge in [-0.15, -0.1) is 0 Å². The number of rotatable bonds is 13. The average molecular weight is 307 g/mol. The highest BCUT2D eigenvalue weighted by Crippen LogP contribution is 2.12. The van der Waals surface area contributed by atoms with Gasteiger partial charge in [0, 0.05) is 5.33 Å². The molecule has 1 atom stereocenters. The Kier molecular flexibility index (Phi) is 14.9. The lowest BCUT2D eigenvalue weighted by Crippen LogP contribution is -2.06. The molecule has 0 aromatic rings. The molecule has 0 spiro atoms. The van der Waals surface area contributed by atoms with Crippen molar-refractivity contribution in [2.75, 3.05) is 5.33 Å². The molecule has 17 heavy (non-hydrogen) atoms. The molecule has 0 aliphatic rings. The second-order valence-corrected chi connectivity index (χ2v) is 5.78. The van der Waals surface area contributed by atoms with Crippen LogP contribution in [-0.2, 0) is 0 Å². The number of hydrogen-bond donors (Lipinski definition) is 1. The van der Waals surface area contributed by atoms with E-state index in [2.05, 4.69) is 22.9 Å². The standard InChI is InChI=1S/C15H31BrO/c1-2-3-4-5-6-7-8-9-10-11-12-13-15(17)14-16/h15,17H,2-14H2,1H3. The minimum Gasteiger partial charge on any atom is -0.392 e. The molecule has 104 valence electrons. The van der Waals surface area contributed by atoms with Crippen LogP contribution in [0, 0.1) is 0 Å². The minimum atomic E-state index is -0.131. The Hall–Kier alpha value is 0.440. The number of unbranched alkanes of at least 4 members (excludes halogenated alkanes) is 10. The molecular formula is C15H31BrO. The Balaban J connectivity index is 2.94. The molecule has 1 nitrogen and oxygen atoms in total. The smallest absolute Gasteiger partial charge is 0.0637 e. The van der Waals surface area contributed by atoms with Gasteiger partial charge in [0.05, 0.1) is 6.10 Å². The summed E-state index contributed by atoms with van der Waals surface area (Å²) in [6.07, 6.45) is 15.9. The molecule has 0 bridgehead atoms. The molecular weight excluding hydrogens is 276 g/mol. The van der Waals surface area contributed by atoms with Crippen LogP contribution in [0.4, 0.5) is 0 Å². The van der Waals surface area contributed by atoms with E-state index < -0.39 is 0 Å². The van der Waals surface area contributed by atoms with Crippen molar-refractivity contribution < 1.29 is 5.11 Å². The summed E-state index contributed by atoms with van der Waals surface area (Å²) in [5.41, 5.74) is 0. The largest absolute Gasteiger partial charge is 0.392 e. The summed E-state index contributed by atoms with van der Waals surface area (Å²) < 4.78 is 0. The highest BCUT2D eigenvalue weighted by Gasteiger charge is 2.00. The van der Waals surface area contributed by atoms with Gasteiger partial charge in [-0.1, -0.05) is 93.5 Å². The molecule has 0 fully saturated rings. The number of halogens is 1. The lowest BCUT2D eigenvalue weighted by atomic mass is 10.0. The number of alkyl halides is 1. The van der Waals surface area contributed by atoms with E-state index >= 15 is 0 Å². The van der Waals surface area contributed by atoms with E-state index in [1.165, 1.54) is 70.6 Å². The van der Waals surface area contributed by atoms with Crippen LogP contribution >= 0.6 is 15.9 Å². The van der Waals surface area contributed by atoms with Gasteiger partial charge in [0.1, 0.15) is 0 Å². The maximum absolute atomic E-state index is 9.35. The van der Waals surface area contributed by atoms with Gasteiger partial charge in [-0.05, 0) is 6.42 Å². The fraction of sp³-hybridized carbons (Fsp3) is 1.00. The van der Waals surface area contributed by atoms with Crippen molar-refractivity contribution in [3.63, 3.8) is 0 Å². The number of aliphatic hydroxyl groups is 1. The Morgan fingerprint density at radius 1 is 0.765 bits per heavy atom. The number of hydrogen-bond acceptors (Lipinski definition) is 1. The zero-order valence-electron chi connectivity index (χ0n) is 11.6.